The predicted molar refractivity (Wildman–Crippen MR) is 39.3 cm³/mol. The lowest BCUT2D eigenvalue weighted by Crippen LogP contribution is -1.84. The third-order valence-corrected chi connectivity index (χ3v) is 0.762. The van der Waals surface area contributed by atoms with E-state index in [2.05, 4.69) is 0 Å². The maximum absolute atomic E-state index is 10.7. The number of carbonyl (C=O) groups is 1. The minimum Gasteiger partial charge on any atom is -0.290 e. The van der Waals surface area contributed by atoms with Gasteiger partial charge in [0.15, 0.2) is 5.78 Å². The van der Waals surface area contributed by atoms with Crippen LogP contribution in [0.25, 0.3) is 0 Å². The van der Waals surface area contributed by atoms with Crippen LogP contribution in [0.5, 0.6) is 0 Å². The van der Waals surface area contributed by atoms with Gasteiger partial charge in [0, 0.05) is 0 Å². The van der Waals surface area contributed by atoms with Crippen molar-refractivity contribution in [3.05, 3.63) is 23.8 Å². The largest absolute Gasteiger partial charge is 0.290 e. The molecule has 0 aromatic carbocycles. The van der Waals surface area contributed by atoms with Crippen LogP contribution in [0.3, 0.4) is 0 Å². The molecule has 0 aliphatic heterocycles. The molecule has 0 aromatic heterocycles. The van der Waals surface area contributed by atoms with E-state index in [0.29, 0.717) is 0 Å². The Morgan fingerprint density at radius 2 is 1.89 bits per heavy atom. The van der Waals surface area contributed by atoms with E-state index in [1.165, 1.54) is 0 Å². The second-order valence-corrected chi connectivity index (χ2v) is 2.12. The van der Waals surface area contributed by atoms with Crippen LogP contribution < -0.4 is 0 Å². The summed E-state index contributed by atoms with van der Waals surface area (Å²) in [5.74, 6) is 0.0671. The molecule has 0 aromatic rings. The van der Waals surface area contributed by atoms with Gasteiger partial charge in [0.1, 0.15) is 0 Å². The van der Waals surface area contributed by atoms with Crippen LogP contribution in [0, 0.1) is 0 Å². The first-order chi connectivity index (χ1) is 4.16. The summed E-state index contributed by atoms with van der Waals surface area (Å²) in [6, 6.07) is 0. The lowest BCUT2D eigenvalue weighted by Gasteiger charge is -1.83. The van der Waals surface area contributed by atoms with Gasteiger partial charge in [-0.2, -0.15) is 0 Å². The number of allylic oxidation sites excluding steroid dienone is 4. The van der Waals surface area contributed by atoms with Crippen molar-refractivity contribution in [1.29, 1.82) is 0 Å². The topological polar surface area (TPSA) is 17.1 Å². The van der Waals surface area contributed by atoms with E-state index < -0.39 is 0 Å². The Hall–Kier alpha value is -0.850. The molecular formula is C8H12O. The molecule has 0 fully saturated rings. The highest BCUT2D eigenvalue weighted by molar-refractivity contribution is 5.99. The molecule has 0 aliphatic rings. The van der Waals surface area contributed by atoms with Crippen LogP contribution in [0.15, 0.2) is 23.8 Å². The molecule has 1 heteroatoms. The molecule has 0 aliphatic carbocycles. The molecule has 9 heavy (non-hydrogen) atoms. The Kier molecular flexibility index (Phi) is 3.69. The summed E-state index contributed by atoms with van der Waals surface area (Å²) in [5.41, 5.74) is 1.04. The van der Waals surface area contributed by atoms with E-state index in [0.717, 1.165) is 5.57 Å². The predicted octanol–water partition coefficient (Wildman–Crippen LogP) is 2.10. The van der Waals surface area contributed by atoms with E-state index in [1.54, 1.807) is 18.2 Å². The second-order valence-electron chi connectivity index (χ2n) is 2.12. The lowest BCUT2D eigenvalue weighted by molar-refractivity contribution is -0.110. The Labute approximate surface area is 56.1 Å². The normalized spacial score (nSPS) is 9.67. The van der Waals surface area contributed by atoms with E-state index in [-0.39, 0.29) is 5.78 Å². The van der Waals surface area contributed by atoms with Crippen LogP contribution in [0.1, 0.15) is 20.8 Å². The standard InChI is InChI=1S/C8H12O/c1-4-5-8(9)6-7(2)3/h4-6H,1-3H3/b5-4-. The smallest absolute Gasteiger partial charge is 0.178 e. The van der Waals surface area contributed by atoms with Crippen molar-refractivity contribution in [2.45, 2.75) is 20.8 Å². The van der Waals surface area contributed by atoms with Crippen molar-refractivity contribution >= 4 is 5.78 Å². The van der Waals surface area contributed by atoms with Crippen LogP contribution >= 0.6 is 0 Å². The summed E-state index contributed by atoms with van der Waals surface area (Å²) in [7, 11) is 0. The average Bonchev–Trinajstić information content (AvgIpc) is 1.63. The van der Waals surface area contributed by atoms with Gasteiger partial charge < -0.3 is 0 Å². The molecular weight excluding hydrogens is 112 g/mol. The van der Waals surface area contributed by atoms with Crippen molar-refractivity contribution < 1.29 is 4.79 Å². The van der Waals surface area contributed by atoms with Gasteiger partial charge in [-0.3, -0.25) is 4.79 Å². The van der Waals surface area contributed by atoms with E-state index in [9.17, 15) is 4.79 Å². The highest BCUT2D eigenvalue weighted by Gasteiger charge is 1.85. The Morgan fingerprint density at radius 1 is 1.33 bits per heavy atom. The van der Waals surface area contributed by atoms with Crippen molar-refractivity contribution in [3.63, 3.8) is 0 Å². The van der Waals surface area contributed by atoms with Gasteiger partial charge in [-0.1, -0.05) is 11.6 Å². The van der Waals surface area contributed by atoms with Gasteiger partial charge >= 0.3 is 0 Å². The number of ketones is 1. The van der Waals surface area contributed by atoms with Gasteiger partial charge in [-0.05, 0) is 32.9 Å². The van der Waals surface area contributed by atoms with E-state index in [1.807, 2.05) is 20.8 Å². The minimum atomic E-state index is 0.0671. The first-order valence-corrected chi connectivity index (χ1v) is 2.98. The van der Waals surface area contributed by atoms with Crippen LogP contribution in [-0.2, 0) is 4.79 Å². The molecule has 0 rings (SSSR count). The van der Waals surface area contributed by atoms with Gasteiger partial charge in [0.2, 0.25) is 0 Å². The molecule has 50 valence electrons. The van der Waals surface area contributed by atoms with E-state index in [4.69, 9.17) is 0 Å². The van der Waals surface area contributed by atoms with Crippen molar-refractivity contribution in [2.24, 2.45) is 0 Å². The van der Waals surface area contributed by atoms with Crippen LogP contribution in [0.2, 0.25) is 0 Å². The molecule has 0 bridgehead atoms. The van der Waals surface area contributed by atoms with E-state index >= 15 is 0 Å². The zero-order valence-corrected chi connectivity index (χ0v) is 6.14. The number of carbonyl (C=O) groups excluding carboxylic acids is 1. The van der Waals surface area contributed by atoms with Crippen LogP contribution in [0.4, 0.5) is 0 Å². The molecule has 1 nitrogen and oxygen atoms in total. The van der Waals surface area contributed by atoms with Gasteiger partial charge in [-0.15, -0.1) is 0 Å². The molecule has 0 saturated heterocycles. The lowest BCUT2D eigenvalue weighted by atomic mass is 10.2. The third-order valence-electron chi connectivity index (χ3n) is 0.762. The summed E-state index contributed by atoms with van der Waals surface area (Å²) < 4.78 is 0. The summed E-state index contributed by atoms with van der Waals surface area (Å²) in [5, 5.41) is 0. The highest BCUT2D eigenvalue weighted by atomic mass is 16.1. The molecule has 0 atom stereocenters. The monoisotopic (exact) mass is 124 g/mol. The Bertz CT molecular complexity index is 148. The van der Waals surface area contributed by atoms with Gasteiger partial charge in [-0.25, -0.2) is 0 Å². The van der Waals surface area contributed by atoms with Gasteiger partial charge in [0.05, 0.1) is 0 Å². The minimum absolute atomic E-state index is 0.0671. The van der Waals surface area contributed by atoms with Crippen molar-refractivity contribution in [2.75, 3.05) is 0 Å². The fraction of sp³-hybridized carbons (Fsp3) is 0.375. The summed E-state index contributed by atoms with van der Waals surface area (Å²) in [6.45, 7) is 5.64. The number of hydrogen-bond acceptors (Lipinski definition) is 1. The molecule has 0 amide bonds. The molecule has 0 radical (unpaired) electrons. The summed E-state index contributed by atoms with van der Waals surface area (Å²) in [4.78, 5) is 10.7. The Morgan fingerprint density at radius 3 is 2.22 bits per heavy atom. The van der Waals surface area contributed by atoms with Crippen molar-refractivity contribution in [3.8, 4) is 0 Å². The second kappa shape index (κ2) is 4.07. The Balaban J connectivity index is 3.93. The summed E-state index contributed by atoms with van der Waals surface area (Å²) in [6.07, 6.45) is 4.90. The molecule has 0 heterocycles. The number of rotatable bonds is 2. The average molecular weight is 124 g/mol. The first-order valence-electron chi connectivity index (χ1n) is 2.98. The maximum atomic E-state index is 10.7. The fourth-order valence-electron chi connectivity index (χ4n) is 0.497. The summed E-state index contributed by atoms with van der Waals surface area (Å²) >= 11 is 0. The number of hydrogen-bond donors (Lipinski definition) is 0. The molecule has 0 spiro atoms. The first kappa shape index (κ1) is 8.15. The van der Waals surface area contributed by atoms with Crippen molar-refractivity contribution in [1.82, 2.24) is 0 Å². The molecule has 0 N–H and O–H groups in total. The highest BCUT2D eigenvalue weighted by Crippen LogP contribution is 1.89. The maximum Gasteiger partial charge on any atom is 0.178 e. The SMILES string of the molecule is C/C=C\C(=O)C=C(C)C. The molecule has 0 unspecified atom stereocenters. The quantitative estimate of drug-likeness (QED) is 0.515. The zero-order valence-electron chi connectivity index (χ0n) is 6.14. The van der Waals surface area contributed by atoms with Gasteiger partial charge in [0.25, 0.3) is 0 Å². The fourth-order valence-corrected chi connectivity index (χ4v) is 0.497. The third kappa shape index (κ3) is 5.01. The van der Waals surface area contributed by atoms with Crippen LogP contribution in [-0.4, -0.2) is 5.78 Å². The zero-order chi connectivity index (χ0) is 7.28. The molecule has 0 saturated carbocycles.